The third-order valence-corrected chi connectivity index (χ3v) is 7.53. The van der Waals surface area contributed by atoms with Crippen LogP contribution in [-0.2, 0) is 0 Å². The Morgan fingerprint density at radius 3 is 1.94 bits per heavy atom. The molecule has 0 saturated heterocycles. The van der Waals surface area contributed by atoms with E-state index in [1.54, 1.807) is 12.1 Å². The highest BCUT2D eigenvalue weighted by Gasteiger charge is 2.39. The summed E-state index contributed by atoms with van der Waals surface area (Å²) < 4.78 is 67.2. The van der Waals surface area contributed by atoms with E-state index in [0.29, 0.717) is 5.92 Å². The van der Waals surface area contributed by atoms with Gasteiger partial charge in [0.2, 0.25) is 0 Å². The lowest BCUT2D eigenvalue weighted by atomic mass is 9.68. The fraction of sp³-hybridized carbons (Fsp3) is 0.692. The highest BCUT2D eigenvalue weighted by atomic mass is 19.4. The highest BCUT2D eigenvalue weighted by Crippen LogP contribution is 2.44. The number of unbranched alkanes of at least 4 members (excludes halogenated alkanes) is 2. The minimum atomic E-state index is -5.39. The largest absolute Gasteiger partial charge is 0.449 e. The third kappa shape index (κ3) is 6.95. The van der Waals surface area contributed by atoms with Gasteiger partial charge in [0.25, 0.3) is 5.83 Å². The summed E-state index contributed by atoms with van der Waals surface area (Å²) in [6, 6.07) is 4.06. The normalized spacial score (nSPS) is 27.7. The maximum absolute atomic E-state index is 13.3. The number of halogens is 5. The second-order valence-electron chi connectivity index (χ2n) is 9.64. The molecule has 2 saturated carbocycles. The van der Waals surface area contributed by atoms with Crippen LogP contribution < -0.4 is 4.74 Å². The molecule has 2 aliphatic rings. The zero-order chi connectivity index (χ0) is 23.1. The fourth-order valence-electron chi connectivity index (χ4n) is 5.62. The first kappa shape index (κ1) is 25.0. The molecule has 0 radical (unpaired) electrons. The van der Waals surface area contributed by atoms with Gasteiger partial charge in [0.1, 0.15) is 5.75 Å². The molecular formula is C26H35F5O. The van der Waals surface area contributed by atoms with E-state index in [4.69, 9.17) is 0 Å². The van der Waals surface area contributed by atoms with E-state index in [1.807, 2.05) is 0 Å². The molecule has 0 heterocycles. The van der Waals surface area contributed by atoms with Crippen molar-refractivity contribution in [1.82, 2.24) is 0 Å². The van der Waals surface area contributed by atoms with Gasteiger partial charge in [0, 0.05) is 0 Å². The topological polar surface area (TPSA) is 9.23 Å². The van der Waals surface area contributed by atoms with Crippen molar-refractivity contribution < 1.29 is 26.7 Å². The van der Waals surface area contributed by atoms with Crippen molar-refractivity contribution in [2.45, 2.75) is 96.1 Å². The summed E-state index contributed by atoms with van der Waals surface area (Å²) in [4.78, 5) is 0. The van der Waals surface area contributed by atoms with Gasteiger partial charge in [0.15, 0.2) is 0 Å². The van der Waals surface area contributed by atoms with Crippen molar-refractivity contribution in [2.24, 2.45) is 17.8 Å². The predicted molar refractivity (Wildman–Crippen MR) is 117 cm³/mol. The SMILES string of the molecule is CCCCCC1CCC(C2CCC(c3ccc(OC(F)=C(F)C(F)(F)F)cc3)CC2)CC1. The van der Waals surface area contributed by atoms with Crippen LogP contribution in [0.4, 0.5) is 22.0 Å². The molecule has 0 N–H and O–H groups in total. The van der Waals surface area contributed by atoms with Gasteiger partial charge in [-0.1, -0.05) is 57.6 Å². The van der Waals surface area contributed by atoms with E-state index in [-0.39, 0.29) is 5.75 Å². The van der Waals surface area contributed by atoms with Crippen molar-refractivity contribution in [3.05, 3.63) is 41.7 Å². The number of rotatable bonds is 8. The Balaban J connectivity index is 1.45. The first-order valence-corrected chi connectivity index (χ1v) is 12.2. The number of alkyl halides is 3. The summed E-state index contributed by atoms with van der Waals surface area (Å²) in [5, 5.41) is 0. The minimum Gasteiger partial charge on any atom is -0.430 e. The summed E-state index contributed by atoms with van der Waals surface area (Å²) in [5.74, 6) is -0.00969. The first-order chi connectivity index (χ1) is 15.3. The molecule has 3 rings (SSSR count). The minimum absolute atomic E-state index is 0.143. The van der Waals surface area contributed by atoms with Crippen molar-refractivity contribution in [2.75, 3.05) is 0 Å². The molecule has 0 aliphatic heterocycles. The van der Waals surface area contributed by atoms with Crippen LogP contribution in [0.25, 0.3) is 0 Å². The highest BCUT2D eigenvalue weighted by molar-refractivity contribution is 5.31. The molecule has 32 heavy (non-hydrogen) atoms. The zero-order valence-electron chi connectivity index (χ0n) is 18.9. The molecule has 2 aliphatic carbocycles. The van der Waals surface area contributed by atoms with Crippen LogP contribution in [0.5, 0.6) is 5.75 Å². The summed E-state index contributed by atoms with van der Waals surface area (Å²) >= 11 is 0. The average molecular weight is 459 g/mol. The van der Waals surface area contributed by atoms with E-state index >= 15 is 0 Å². The second-order valence-corrected chi connectivity index (χ2v) is 9.64. The van der Waals surface area contributed by atoms with Gasteiger partial charge in [0.05, 0.1) is 0 Å². The quantitative estimate of drug-likeness (QED) is 0.214. The maximum atomic E-state index is 13.3. The van der Waals surface area contributed by atoms with Crippen LogP contribution in [0, 0.1) is 17.8 Å². The van der Waals surface area contributed by atoms with Gasteiger partial charge in [-0.25, -0.2) is 0 Å². The Hall–Kier alpha value is -1.59. The molecular weight excluding hydrogens is 423 g/mol. The van der Waals surface area contributed by atoms with E-state index in [1.165, 1.54) is 76.3 Å². The van der Waals surface area contributed by atoms with E-state index in [2.05, 4.69) is 11.7 Å². The van der Waals surface area contributed by atoms with Crippen LogP contribution in [-0.4, -0.2) is 6.18 Å². The fourth-order valence-corrected chi connectivity index (χ4v) is 5.62. The Morgan fingerprint density at radius 1 is 0.844 bits per heavy atom. The molecule has 1 aromatic rings. The molecule has 0 aromatic heterocycles. The van der Waals surface area contributed by atoms with Crippen LogP contribution in [0.2, 0.25) is 0 Å². The number of hydrogen-bond donors (Lipinski definition) is 0. The number of allylic oxidation sites excluding steroid dienone is 1. The monoisotopic (exact) mass is 458 g/mol. The molecule has 0 amide bonds. The molecule has 0 bridgehead atoms. The van der Waals surface area contributed by atoms with Crippen molar-refractivity contribution in [3.8, 4) is 5.75 Å². The summed E-state index contributed by atoms with van der Waals surface area (Å²) in [7, 11) is 0. The van der Waals surface area contributed by atoms with Crippen LogP contribution in [0.15, 0.2) is 36.1 Å². The lowest BCUT2D eigenvalue weighted by Crippen LogP contribution is -2.25. The molecule has 1 aromatic carbocycles. The molecule has 6 heteroatoms. The molecule has 0 spiro atoms. The molecule has 0 unspecified atom stereocenters. The Kier molecular flexibility index (Phi) is 9.01. The van der Waals surface area contributed by atoms with Gasteiger partial charge in [-0.2, -0.15) is 22.0 Å². The third-order valence-electron chi connectivity index (χ3n) is 7.53. The van der Waals surface area contributed by atoms with Gasteiger partial charge in [-0.05, 0) is 79.9 Å². The molecule has 0 atom stereocenters. The Labute approximate surface area is 188 Å². The predicted octanol–water partition coefficient (Wildman–Crippen LogP) is 9.40. The molecule has 2 fully saturated rings. The summed E-state index contributed by atoms with van der Waals surface area (Å²) in [6.07, 6.45) is 10.1. The Morgan fingerprint density at radius 2 is 1.41 bits per heavy atom. The standard InChI is InChI=1S/C26H35F5O/c1-2-3-4-5-18-6-8-19(9-7-18)20-10-12-21(13-11-20)22-14-16-23(17-15-22)32-25(28)24(27)26(29,30)31/h14-21H,2-13H2,1H3. The van der Waals surface area contributed by atoms with Gasteiger partial charge >= 0.3 is 12.2 Å². The van der Waals surface area contributed by atoms with Crippen LogP contribution in [0.1, 0.15) is 95.5 Å². The summed E-state index contributed by atoms with van der Waals surface area (Å²) in [5.41, 5.74) is 1.08. The lowest BCUT2D eigenvalue weighted by molar-refractivity contribution is -0.114. The maximum Gasteiger partial charge on any atom is 0.449 e. The van der Waals surface area contributed by atoms with E-state index < -0.39 is 18.0 Å². The zero-order valence-corrected chi connectivity index (χ0v) is 18.9. The van der Waals surface area contributed by atoms with Gasteiger partial charge in [-0.15, -0.1) is 0 Å². The lowest BCUT2D eigenvalue weighted by Gasteiger charge is -2.38. The van der Waals surface area contributed by atoms with Crippen molar-refractivity contribution in [3.63, 3.8) is 0 Å². The number of hydrogen-bond acceptors (Lipinski definition) is 1. The summed E-state index contributed by atoms with van der Waals surface area (Å²) in [6.45, 7) is 2.26. The first-order valence-electron chi connectivity index (χ1n) is 12.2. The van der Waals surface area contributed by atoms with Gasteiger partial charge in [-0.3, -0.25) is 0 Å². The molecule has 180 valence electrons. The van der Waals surface area contributed by atoms with Gasteiger partial charge < -0.3 is 4.74 Å². The second kappa shape index (κ2) is 11.5. The van der Waals surface area contributed by atoms with E-state index in [0.717, 1.165) is 36.2 Å². The van der Waals surface area contributed by atoms with Crippen LogP contribution in [0.3, 0.4) is 0 Å². The van der Waals surface area contributed by atoms with E-state index in [9.17, 15) is 22.0 Å². The van der Waals surface area contributed by atoms with Crippen LogP contribution >= 0.6 is 0 Å². The van der Waals surface area contributed by atoms with Crippen molar-refractivity contribution in [1.29, 1.82) is 0 Å². The smallest absolute Gasteiger partial charge is 0.430 e. The Bertz CT molecular complexity index is 724. The average Bonchev–Trinajstić information content (AvgIpc) is 2.79. The molecule has 1 nitrogen and oxygen atoms in total. The number of ether oxygens (including phenoxy) is 1. The number of benzene rings is 1. The van der Waals surface area contributed by atoms with Crippen molar-refractivity contribution >= 4 is 0 Å².